The van der Waals surface area contributed by atoms with Gasteiger partial charge in [0.25, 0.3) is 6.43 Å². The first kappa shape index (κ1) is 28.3. The van der Waals surface area contributed by atoms with Crippen LogP contribution in [0.4, 0.5) is 31.0 Å². The Balaban J connectivity index is 1.17. The lowest BCUT2D eigenvalue weighted by Gasteiger charge is -2.31. The second-order valence-electron chi connectivity index (χ2n) is 10.6. The van der Waals surface area contributed by atoms with Gasteiger partial charge in [-0.2, -0.15) is 15.2 Å². The molecule has 3 N–H and O–H groups in total. The number of anilines is 3. The number of morpholine rings is 1. The Kier molecular flexibility index (Phi) is 8.28. The average molecular weight is 588 g/mol. The van der Waals surface area contributed by atoms with Gasteiger partial charge in [-0.3, -0.25) is 4.57 Å². The second kappa shape index (κ2) is 12.6. The number of hydrogen-bond donors (Lipinski definition) is 3. The number of fused-ring (bicyclic) bond motifs is 1. The van der Waals surface area contributed by atoms with E-state index in [1.54, 1.807) is 54.6 Å². The lowest BCUT2D eigenvalue weighted by Crippen LogP contribution is -2.42. The van der Waals surface area contributed by atoms with Gasteiger partial charge in [0.2, 0.25) is 5.95 Å². The van der Waals surface area contributed by atoms with E-state index in [1.165, 1.54) is 4.57 Å². The van der Waals surface area contributed by atoms with E-state index in [9.17, 15) is 13.6 Å². The topological polar surface area (TPSA) is 133 Å². The zero-order valence-electron chi connectivity index (χ0n) is 23.3. The van der Waals surface area contributed by atoms with Crippen LogP contribution < -0.4 is 20.9 Å². The van der Waals surface area contributed by atoms with Crippen molar-refractivity contribution in [3.8, 4) is 11.9 Å². The number of aromatic nitrogens is 4. The third-order valence-corrected chi connectivity index (χ3v) is 7.69. The highest BCUT2D eigenvalue weighted by atomic mass is 19.3. The molecule has 43 heavy (non-hydrogen) atoms. The Labute approximate surface area is 246 Å². The van der Waals surface area contributed by atoms with Crippen LogP contribution in [0.15, 0.2) is 54.6 Å². The summed E-state index contributed by atoms with van der Waals surface area (Å²) < 4.78 is 35.2. The number of nitrogens with one attached hydrogen (secondary N) is 3. The number of halogens is 2. The summed E-state index contributed by atoms with van der Waals surface area (Å²) in [4.78, 5) is 28.2. The van der Waals surface area contributed by atoms with Gasteiger partial charge in [-0.25, -0.2) is 18.6 Å². The number of imidazole rings is 1. The van der Waals surface area contributed by atoms with Crippen LogP contribution in [0.3, 0.4) is 0 Å². The van der Waals surface area contributed by atoms with Crippen molar-refractivity contribution < 1.29 is 18.3 Å². The minimum Gasteiger partial charge on any atom is -0.378 e. The zero-order chi connectivity index (χ0) is 29.8. The molecule has 2 aliphatic rings. The van der Waals surface area contributed by atoms with E-state index in [0.717, 1.165) is 25.7 Å². The van der Waals surface area contributed by atoms with Crippen LogP contribution in [0.25, 0.3) is 16.9 Å². The number of amides is 2. The maximum Gasteiger partial charge on any atom is 0.319 e. The molecule has 2 aromatic carbocycles. The summed E-state index contributed by atoms with van der Waals surface area (Å²) in [6, 6.07) is 17.2. The summed E-state index contributed by atoms with van der Waals surface area (Å²) in [5, 5.41) is 18.3. The highest BCUT2D eigenvalue weighted by Gasteiger charge is 2.26. The number of nitrogens with zero attached hydrogens (tertiary/aromatic N) is 6. The molecule has 1 aliphatic carbocycles. The van der Waals surface area contributed by atoms with E-state index in [-0.39, 0.29) is 23.9 Å². The van der Waals surface area contributed by atoms with Crippen molar-refractivity contribution in [2.24, 2.45) is 0 Å². The van der Waals surface area contributed by atoms with Gasteiger partial charge in [-0.1, -0.05) is 12.1 Å². The van der Waals surface area contributed by atoms with Gasteiger partial charge in [0.05, 0.1) is 35.9 Å². The van der Waals surface area contributed by atoms with Gasteiger partial charge in [-0.05, 0) is 62.1 Å². The first-order valence-corrected chi connectivity index (χ1v) is 14.3. The smallest absolute Gasteiger partial charge is 0.319 e. The number of carbonyl (C=O) groups excluding carboxylic acids is 1. The van der Waals surface area contributed by atoms with E-state index in [4.69, 9.17) is 20.0 Å². The molecule has 1 saturated heterocycles. The van der Waals surface area contributed by atoms with Crippen LogP contribution in [0.5, 0.6) is 0 Å². The fraction of sp³-hybridized carbons (Fsp3) is 0.367. The number of benzene rings is 2. The summed E-state index contributed by atoms with van der Waals surface area (Å²) in [7, 11) is 0. The monoisotopic (exact) mass is 587 g/mol. The molecule has 1 aliphatic heterocycles. The molecule has 4 aromatic rings. The van der Waals surface area contributed by atoms with Crippen LogP contribution in [0.2, 0.25) is 0 Å². The molecule has 3 heterocycles. The van der Waals surface area contributed by atoms with E-state index < -0.39 is 6.43 Å². The van der Waals surface area contributed by atoms with Gasteiger partial charge >= 0.3 is 6.03 Å². The molecule has 2 amide bonds. The SMILES string of the molecule is N#Cc1ccc(NC(=O)NC2CCC(Nc3cc(-n4c(C(F)F)nc5ccccc54)nc(N4CCOCC4)n3)CC2)cc1. The maximum atomic E-state index is 14.1. The van der Waals surface area contributed by atoms with Crippen molar-refractivity contribution in [3.63, 3.8) is 0 Å². The van der Waals surface area contributed by atoms with Gasteiger partial charge < -0.3 is 25.6 Å². The number of urea groups is 1. The van der Waals surface area contributed by atoms with Crippen molar-refractivity contribution in [2.45, 2.75) is 44.2 Å². The standard InChI is InChI=1S/C30H31F2N9O2/c31-27(32)28-37-23-3-1-2-4-24(23)41(28)26-17-25(38-29(39-26)40-13-15-43-16-14-40)34-20-9-11-22(12-10-20)36-30(42)35-21-7-5-19(18-33)6-8-21/h1-8,17,20,22,27H,9-16H2,(H,34,38,39)(H2,35,36,42). The lowest BCUT2D eigenvalue weighted by atomic mass is 9.91. The van der Waals surface area contributed by atoms with E-state index in [1.807, 2.05) is 4.90 Å². The number of para-hydroxylation sites is 2. The first-order chi connectivity index (χ1) is 21.0. The van der Waals surface area contributed by atoms with E-state index >= 15 is 0 Å². The minimum absolute atomic E-state index is 0.00668. The molecular weight excluding hydrogens is 556 g/mol. The van der Waals surface area contributed by atoms with Crippen LogP contribution in [-0.2, 0) is 4.74 Å². The molecule has 0 bridgehead atoms. The number of alkyl halides is 2. The summed E-state index contributed by atoms with van der Waals surface area (Å²) in [6.45, 7) is 2.25. The Morgan fingerprint density at radius 3 is 2.42 bits per heavy atom. The number of hydrogen-bond acceptors (Lipinski definition) is 8. The van der Waals surface area contributed by atoms with Crippen LogP contribution in [0, 0.1) is 11.3 Å². The molecule has 2 aromatic heterocycles. The number of ether oxygens (including phenoxy) is 1. The maximum absolute atomic E-state index is 14.1. The minimum atomic E-state index is -2.79. The second-order valence-corrected chi connectivity index (χ2v) is 10.6. The molecule has 6 rings (SSSR count). The molecule has 222 valence electrons. The molecule has 0 unspecified atom stereocenters. The van der Waals surface area contributed by atoms with E-state index in [2.05, 4.69) is 27.0 Å². The van der Waals surface area contributed by atoms with Crippen LogP contribution in [-0.4, -0.2) is 63.9 Å². The summed E-state index contributed by atoms with van der Waals surface area (Å²) in [5.41, 5.74) is 2.15. The summed E-state index contributed by atoms with van der Waals surface area (Å²) in [6.07, 6.45) is 0.291. The third-order valence-electron chi connectivity index (χ3n) is 7.69. The lowest BCUT2D eigenvalue weighted by molar-refractivity contribution is 0.122. The Bertz CT molecular complexity index is 1620. The van der Waals surface area contributed by atoms with Gasteiger partial charge in [-0.15, -0.1) is 0 Å². The largest absolute Gasteiger partial charge is 0.378 e. The molecule has 0 radical (unpaired) electrons. The van der Waals surface area contributed by atoms with Gasteiger partial charge in [0.1, 0.15) is 11.6 Å². The molecule has 1 saturated carbocycles. The van der Waals surface area contributed by atoms with Crippen molar-refractivity contribution in [3.05, 3.63) is 66.0 Å². The Morgan fingerprint density at radius 2 is 1.70 bits per heavy atom. The van der Waals surface area contributed by atoms with Crippen LogP contribution in [0.1, 0.15) is 43.5 Å². The average Bonchev–Trinajstić information content (AvgIpc) is 3.43. The molecule has 0 spiro atoms. The summed E-state index contributed by atoms with van der Waals surface area (Å²) >= 11 is 0. The number of rotatable bonds is 7. The van der Waals surface area contributed by atoms with Gasteiger partial charge in [0.15, 0.2) is 5.82 Å². The first-order valence-electron chi connectivity index (χ1n) is 14.3. The molecule has 11 nitrogen and oxygen atoms in total. The predicted molar refractivity (Wildman–Crippen MR) is 158 cm³/mol. The van der Waals surface area contributed by atoms with Crippen molar-refractivity contribution in [1.82, 2.24) is 24.8 Å². The fourth-order valence-electron chi connectivity index (χ4n) is 5.52. The molecule has 2 fully saturated rings. The number of carbonyl (C=O) groups is 1. The van der Waals surface area contributed by atoms with Crippen molar-refractivity contribution >= 4 is 34.5 Å². The third kappa shape index (κ3) is 6.49. The Hall–Kier alpha value is -4.83. The zero-order valence-corrected chi connectivity index (χ0v) is 23.3. The van der Waals surface area contributed by atoms with E-state index in [0.29, 0.717) is 66.2 Å². The van der Waals surface area contributed by atoms with Gasteiger partial charge in [0, 0.05) is 36.9 Å². The highest BCUT2D eigenvalue weighted by Crippen LogP contribution is 2.30. The van der Waals surface area contributed by atoms with Crippen LogP contribution >= 0.6 is 0 Å². The number of nitriles is 1. The fourth-order valence-corrected chi connectivity index (χ4v) is 5.52. The van der Waals surface area contributed by atoms with Crippen molar-refractivity contribution in [1.29, 1.82) is 5.26 Å². The Morgan fingerprint density at radius 1 is 0.977 bits per heavy atom. The van der Waals surface area contributed by atoms with Crippen molar-refractivity contribution in [2.75, 3.05) is 41.8 Å². The quantitative estimate of drug-likeness (QED) is 0.275. The normalized spacial score (nSPS) is 18.8. The molecular formula is C30H31F2N9O2. The summed E-state index contributed by atoms with van der Waals surface area (Å²) in [5.74, 6) is 0.929. The predicted octanol–water partition coefficient (Wildman–Crippen LogP) is 5.01. The molecule has 13 heteroatoms. The highest BCUT2D eigenvalue weighted by molar-refractivity contribution is 5.89. The molecule has 0 atom stereocenters.